The number of aromatic nitrogens is 1. The smallest absolute Gasteiger partial charge is 0.311 e. The van der Waals surface area contributed by atoms with E-state index in [9.17, 15) is 19.6 Å². The molecule has 2 fully saturated rings. The van der Waals surface area contributed by atoms with Gasteiger partial charge in [0.2, 0.25) is 5.82 Å². The predicted molar refractivity (Wildman–Crippen MR) is 111 cm³/mol. The first-order valence-electron chi connectivity index (χ1n) is 9.93. The molecule has 3 heterocycles. The van der Waals surface area contributed by atoms with Crippen LogP contribution in [-0.4, -0.2) is 66.7 Å². The van der Waals surface area contributed by atoms with E-state index in [1.54, 1.807) is 18.2 Å². The highest BCUT2D eigenvalue weighted by Crippen LogP contribution is 2.30. The molecule has 0 amide bonds. The molecule has 2 N–H and O–H groups in total. The molecule has 2 unspecified atom stereocenters. The molecule has 2 atom stereocenters. The summed E-state index contributed by atoms with van der Waals surface area (Å²) in [5, 5.41) is 24.0. The first kappa shape index (κ1) is 20.3. The zero-order valence-electron chi connectivity index (χ0n) is 16.4. The zero-order chi connectivity index (χ0) is 21.1. The third-order valence-electron chi connectivity index (χ3n) is 5.39. The van der Waals surface area contributed by atoms with Crippen LogP contribution in [0.1, 0.15) is 6.42 Å². The Balaban J connectivity index is 1.52. The molecule has 2 aliphatic heterocycles. The molecule has 1 aromatic heterocycles. The van der Waals surface area contributed by atoms with E-state index >= 15 is 0 Å². The number of nitrogens with zero attached hydrogens (tertiary/aromatic N) is 4. The van der Waals surface area contributed by atoms with Gasteiger partial charge in [-0.3, -0.25) is 10.1 Å². The van der Waals surface area contributed by atoms with Gasteiger partial charge in [0.25, 0.3) is 0 Å². The van der Waals surface area contributed by atoms with Gasteiger partial charge < -0.3 is 25.0 Å². The minimum Gasteiger partial charge on any atom is -0.390 e. The van der Waals surface area contributed by atoms with Gasteiger partial charge in [0.15, 0.2) is 0 Å². The van der Waals surface area contributed by atoms with Gasteiger partial charge in [-0.15, -0.1) is 0 Å². The van der Waals surface area contributed by atoms with E-state index in [0.717, 1.165) is 5.69 Å². The van der Waals surface area contributed by atoms with Gasteiger partial charge >= 0.3 is 5.69 Å². The second-order valence-corrected chi connectivity index (χ2v) is 7.38. The van der Waals surface area contributed by atoms with Crippen LogP contribution in [0.5, 0.6) is 0 Å². The minimum absolute atomic E-state index is 0.110. The summed E-state index contributed by atoms with van der Waals surface area (Å²) in [7, 11) is 0. The number of aliphatic hydroxyl groups excluding tert-OH is 1. The molecule has 9 nitrogen and oxygen atoms in total. The van der Waals surface area contributed by atoms with Crippen LogP contribution in [0, 0.1) is 10.1 Å². The summed E-state index contributed by atoms with van der Waals surface area (Å²) in [5.74, 6) is 0.825. The molecule has 10 heteroatoms. The highest BCUT2D eigenvalue weighted by molar-refractivity contribution is 5.69. The number of halogens is 1. The lowest BCUT2D eigenvalue weighted by Crippen LogP contribution is -2.44. The normalized spacial score (nSPS) is 22.1. The van der Waals surface area contributed by atoms with E-state index in [4.69, 9.17) is 4.74 Å². The van der Waals surface area contributed by atoms with Crippen molar-refractivity contribution in [3.05, 3.63) is 46.5 Å². The Hall–Kier alpha value is -2.98. The monoisotopic (exact) mass is 417 g/mol. The van der Waals surface area contributed by atoms with Crippen LogP contribution >= 0.6 is 0 Å². The highest BCUT2D eigenvalue weighted by atomic mass is 19.1. The van der Waals surface area contributed by atoms with Crippen molar-refractivity contribution >= 4 is 28.7 Å². The minimum atomic E-state index is -1.27. The van der Waals surface area contributed by atoms with Crippen molar-refractivity contribution in [1.82, 2.24) is 4.98 Å². The van der Waals surface area contributed by atoms with Crippen molar-refractivity contribution in [2.24, 2.45) is 0 Å². The van der Waals surface area contributed by atoms with Crippen molar-refractivity contribution < 1.29 is 19.2 Å². The molecule has 160 valence electrons. The lowest BCUT2D eigenvalue weighted by atomic mass is 10.1. The molecule has 0 spiro atoms. The van der Waals surface area contributed by atoms with Gasteiger partial charge in [0.1, 0.15) is 12.0 Å². The number of ether oxygens (including phenoxy) is 1. The number of nitro groups is 1. The Morgan fingerprint density at radius 2 is 1.87 bits per heavy atom. The largest absolute Gasteiger partial charge is 0.390 e. The average Bonchev–Trinajstić information content (AvgIpc) is 2.76. The number of aliphatic hydroxyl groups is 1. The lowest BCUT2D eigenvalue weighted by molar-refractivity contribution is -0.384. The Kier molecular flexibility index (Phi) is 5.96. The Morgan fingerprint density at radius 1 is 1.13 bits per heavy atom. The molecule has 0 bridgehead atoms. The molecule has 30 heavy (non-hydrogen) atoms. The quantitative estimate of drug-likeness (QED) is 0.565. The Bertz CT molecular complexity index is 891. The van der Waals surface area contributed by atoms with E-state index in [2.05, 4.69) is 10.3 Å². The fourth-order valence-corrected chi connectivity index (χ4v) is 3.67. The van der Waals surface area contributed by atoms with Gasteiger partial charge in [-0.2, -0.15) is 0 Å². The summed E-state index contributed by atoms with van der Waals surface area (Å²) >= 11 is 0. The number of hydrogen-bond donors (Lipinski definition) is 2. The molecular formula is C20H24FN5O4. The van der Waals surface area contributed by atoms with Gasteiger partial charge in [-0.05, 0) is 36.8 Å². The molecule has 2 saturated heterocycles. The molecule has 2 aliphatic rings. The summed E-state index contributed by atoms with van der Waals surface area (Å²) in [6, 6.07) is 10.3. The van der Waals surface area contributed by atoms with Crippen LogP contribution in [0.25, 0.3) is 0 Å². The fourth-order valence-electron chi connectivity index (χ4n) is 3.67. The van der Waals surface area contributed by atoms with E-state index in [1.807, 2.05) is 21.9 Å². The first-order chi connectivity index (χ1) is 14.5. The maximum absolute atomic E-state index is 13.8. The van der Waals surface area contributed by atoms with Gasteiger partial charge in [0, 0.05) is 37.1 Å². The van der Waals surface area contributed by atoms with E-state index in [0.29, 0.717) is 50.8 Å². The number of alkyl halides is 1. The SMILES string of the molecule is O=[N+]([O-])c1ccc(N2CCOCC2)nc1Nc1ccc(N2CCC(O)C(F)C2)cc1. The third kappa shape index (κ3) is 4.44. The van der Waals surface area contributed by atoms with E-state index in [1.165, 1.54) is 6.07 Å². The maximum Gasteiger partial charge on any atom is 0.311 e. The molecule has 0 radical (unpaired) electrons. The number of morpholine rings is 1. The average molecular weight is 417 g/mol. The van der Waals surface area contributed by atoms with Crippen molar-refractivity contribution in [2.75, 3.05) is 54.5 Å². The van der Waals surface area contributed by atoms with Crippen LogP contribution < -0.4 is 15.1 Å². The van der Waals surface area contributed by atoms with Crippen LogP contribution in [0.3, 0.4) is 0 Å². The second kappa shape index (κ2) is 8.80. The van der Waals surface area contributed by atoms with Gasteiger partial charge in [-0.1, -0.05) is 0 Å². The predicted octanol–water partition coefficient (Wildman–Crippen LogP) is 2.48. The standard InChI is InChI=1S/C20H24FN5O4/c21-16-13-25(8-7-18(16)27)15-3-1-14(2-4-15)22-20-17(26(28)29)5-6-19(23-20)24-9-11-30-12-10-24/h1-6,16,18,27H,7-13H2,(H,22,23). The summed E-state index contributed by atoms with van der Waals surface area (Å²) in [6.45, 7) is 3.26. The number of hydrogen-bond acceptors (Lipinski definition) is 8. The molecule has 1 aromatic carbocycles. The number of anilines is 4. The fraction of sp³-hybridized carbons (Fsp3) is 0.450. The molecule has 0 aliphatic carbocycles. The summed E-state index contributed by atoms with van der Waals surface area (Å²) < 4.78 is 19.2. The highest BCUT2D eigenvalue weighted by Gasteiger charge is 2.27. The van der Waals surface area contributed by atoms with Crippen molar-refractivity contribution in [2.45, 2.75) is 18.7 Å². The van der Waals surface area contributed by atoms with Crippen molar-refractivity contribution in [3.63, 3.8) is 0 Å². The van der Waals surface area contributed by atoms with E-state index < -0.39 is 17.2 Å². The number of pyridine rings is 1. The number of benzene rings is 1. The summed E-state index contributed by atoms with van der Waals surface area (Å²) in [4.78, 5) is 19.4. The van der Waals surface area contributed by atoms with Crippen LogP contribution in [0.4, 0.5) is 33.1 Å². The number of nitrogens with one attached hydrogen (secondary N) is 1. The molecule has 4 rings (SSSR count). The van der Waals surface area contributed by atoms with Crippen LogP contribution in [0.15, 0.2) is 36.4 Å². The Labute approximate surface area is 173 Å². The van der Waals surface area contributed by atoms with Crippen molar-refractivity contribution in [1.29, 1.82) is 0 Å². The second-order valence-electron chi connectivity index (χ2n) is 7.38. The topological polar surface area (TPSA) is 104 Å². The molecular weight excluding hydrogens is 393 g/mol. The van der Waals surface area contributed by atoms with Crippen molar-refractivity contribution in [3.8, 4) is 0 Å². The summed E-state index contributed by atoms with van der Waals surface area (Å²) in [6.07, 6.45) is -1.80. The number of piperidine rings is 1. The third-order valence-corrected chi connectivity index (χ3v) is 5.39. The molecule has 0 saturated carbocycles. The zero-order valence-corrected chi connectivity index (χ0v) is 16.4. The van der Waals surface area contributed by atoms with Gasteiger partial charge in [0.05, 0.1) is 30.8 Å². The maximum atomic E-state index is 13.8. The first-order valence-corrected chi connectivity index (χ1v) is 9.93. The lowest BCUT2D eigenvalue weighted by Gasteiger charge is -2.33. The van der Waals surface area contributed by atoms with Gasteiger partial charge in [-0.25, -0.2) is 9.37 Å². The summed E-state index contributed by atoms with van der Waals surface area (Å²) in [5.41, 5.74) is 1.36. The molecule has 2 aromatic rings. The van der Waals surface area contributed by atoms with Crippen LogP contribution in [-0.2, 0) is 4.74 Å². The van der Waals surface area contributed by atoms with E-state index in [-0.39, 0.29) is 18.1 Å². The number of rotatable bonds is 5. The Morgan fingerprint density at radius 3 is 2.53 bits per heavy atom. The van der Waals surface area contributed by atoms with Crippen LogP contribution in [0.2, 0.25) is 0 Å².